The van der Waals surface area contributed by atoms with E-state index in [9.17, 15) is 23.6 Å². The van der Waals surface area contributed by atoms with Gasteiger partial charge in [-0.2, -0.15) is 0 Å². The third-order valence-electron chi connectivity index (χ3n) is 7.15. The Labute approximate surface area is 184 Å². The highest BCUT2D eigenvalue weighted by atomic mass is 19.1. The lowest BCUT2D eigenvalue weighted by Crippen LogP contribution is -2.38. The summed E-state index contributed by atoms with van der Waals surface area (Å²) in [6.07, 6.45) is 1.73. The lowest BCUT2D eigenvalue weighted by Gasteiger charge is -2.28. The molecule has 7 heteroatoms. The Morgan fingerprint density at radius 3 is 2.34 bits per heavy atom. The number of ether oxygens (including phenoxy) is 1. The number of nitrogens with zero attached hydrogens (tertiary/aromatic N) is 1. The summed E-state index contributed by atoms with van der Waals surface area (Å²) < 4.78 is 18.0. The van der Waals surface area contributed by atoms with Gasteiger partial charge in [0.2, 0.25) is 11.8 Å². The van der Waals surface area contributed by atoms with Crippen LogP contribution < -0.4 is 0 Å². The van der Waals surface area contributed by atoms with Crippen molar-refractivity contribution in [1.82, 2.24) is 4.90 Å². The second-order valence-corrected chi connectivity index (χ2v) is 8.82. The molecule has 0 aromatic heterocycles. The molecule has 1 aliphatic heterocycles. The van der Waals surface area contributed by atoms with Gasteiger partial charge in [0.15, 0.2) is 12.4 Å². The van der Waals surface area contributed by atoms with Gasteiger partial charge >= 0.3 is 5.97 Å². The van der Waals surface area contributed by atoms with Crippen molar-refractivity contribution in [3.05, 3.63) is 71.5 Å². The Morgan fingerprint density at radius 2 is 1.62 bits per heavy atom. The van der Waals surface area contributed by atoms with Crippen molar-refractivity contribution in [3.63, 3.8) is 0 Å². The lowest BCUT2D eigenvalue weighted by atomic mass is 9.73. The van der Waals surface area contributed by atoms with Crippen molar-refractivity contribution >= 4 is 23.6 Å². The molecule has 3 aliphatic rings. The number of halogens is 1. The number of benzene rings is 2. The molecule has 5 atom stereocenters. The van der Waals surface area contributed by atoms with Gasteiger partial charge in [0.1, 0.15) is 12.4 Å². The van der Waals surface area contributed by atoms with Crippen LogP contribution in [0.5, 0.6) is 0 Å². The predicted molar refractivity (Wildman–Crippen MR) is 111 cm³/mol. The zero-order valence-corrected chi connectivity index (χ0v) is 17.3. The topological polar surface area (TPSA) is 80.8 Å². The number of amides is 2. The third kappa shape index (κ3) is 3.42. The highest BCUT2D eigenvalue weighted by Gasteiger charge is 2.64. The zero-order chi connectivity index (χ0) is 22.4. The number of likely N-dealkylation sites (tertiary alicyclic amines) is 1. The van der Waals surface area contributed by atoms with E-state index in [-0.39, 0.29) is 47.0 Å². The lowest BCUT2D eigenvalue weighted by molar-refractivity contribution is -0.152. The summed E-state index contributed by atoms with van der Waals surface area (Å²) in [6, 6.07) is 14.9. The van der Waals surface area contributed by atoms with Gasteiger partial charge in [-0.3, -0.25) is 24.1 Å². The Balaban J connectivity index is 1.22. The molecule has 0 unspecified atom stereocenters. The van der Waals surface area contributed by atoms with Crippen LogP contribution in [0.1, 0.15) is 34.7 Å². The van der Waals surface area contributed by atoms with Crippen molar-refractivity contribution in [2.45, 2.75) is 18.8 Å². The average Bonchev–Trinajstić information content (AvgIpc) is 3.46. The molecule has 1 heterocycles. The fourth-order valence-electron chi connectivity index (χ4n) is 5.80. The number of rotatable bonds is 6. The average molecular weight is 435 g/mol. The van der Waals surface area contributed by atoms with Crippen molar-refractivity contribution in [2.75, 3.05) is 13.2 Å². The maximum absolute atomic E-state index is 13.1. The molecule has 0 spiro atoms. The highest BCUT2D eigenvalue weighted by molar-refractivity contribution is 6.08. The fraction of sp³-hybridized carbons (Fsp3) is 0.360. The minimum Gasteiger partial charge on any atom is -0.456 e. The van der Waals surface area contributed by atoms with Gasteiger partial charge in [-0.05, 0) is 60.4 Å². The number of ketones is 1. The number of imide groups is 1. The molecule has 2 amide bonds. The number of esters is 1. The van der Waals surface area contributed by atoms with E-state index in [0.29, 0.717) is 0 Å². The molecule has 3 fully saturated rings. The number of hydrogen-bond donors (Lipinski definition) is 0. The van der Waals surface area contributed by atoms with E-state index in [1.807, 2.05) is 18.2 Å². The van der Waals surface area contributed by atoms with E-state index in [1.54, 1.807) is 0 Å². The molecule has 0 N–H and O–H groups in total. The number of hydrogen-bond acceptors (Lipinski definition) is 5. The molecule has 6 nitrogen and oxygen atoms in total. The third-order valence-corrected chi connectivity index (χ3v) is 7.15. The van der Waals surface area contributed by atoms with Crippen LogP contribution in [0.2, 0.25) is 0 Å². The van der Waals surface area contributed by atoms with E-state index >= 15 is 0 Å². The molecule has 1 saturated heterocycles. The standard InChI is InChI=1S/C25H22FNO5/c26-17-8-6-15(7-9-17)20(28)13-32-21(29)12-27-24(30)22-16-10-18(14-4-2-1-3-5-14)19(11-16)23(22)25(27)31/h1-9,16,18-19,22-23H,10-13H2/t16-,18+,19-,22+,23+/m0/s1. The zero-order valence-electron chi connectivity index (χ0n) is 17.3. The van der Waals surface area contributed by atoms with Crippen LogP contribution in [0.25, 0.3) is 0 Å². The first-order valence-electron chi connectivity index (χ1n) is 10.8. The predicted octanol–water partition coefficient (Wildman–Crippen LogP) is 2.98. The van der Waals surface area contributed by atoms with Gasteiger partial charge in [0, 0.05) is 5.56 Å². The number of carbonyl (C=O) groups is 4. The van der Waals surface area contributed by atoms with Gasteiger partial charge in [-0.15, -0.1) is 0 Å². The SMILES string of the molecule is O=C(CN1C(=O)[C@@H]2[C@@H]3C[C@H]([C@H]2C1=O)[C@@H](c1ccccc1)C3)OCC(=O)c1ccc(F)cc1. The van der Waals surface area contributed by atoms with E-state index in [4.69, 9.17) is 4.74 Å². The van der Waals surface area contributed by atoms with Crippen LogP contribution in [-0.4, -0.2) is 41.6 Å². The van der Waals surface area contributed by atoms with Crippen LogP contribution >= 0.6 is 0 Å². The van der Waals surface area contributed by atoms with E-state index < -0.39 is 30.7 Å². The molecule has 5 rings (SSSR count). The van der Waals surface area contributed by atoms with E-state index in [0.717, 1.165) is 29.9 Å². The number of Topliss-reactive ketones (excluding diaryl/α,β-unsaturated/α-hetero) is 1. The molecule has 2 aromatic carbocycles. The molecule has 164 valence electrons. The summed E-state index contributed by atoms with van der Waals surface area (Å²) in [6.45, 7) is -1.02. The first-order chi connectivity index (χ1) is 15.4. The Hall–Kier alpha value is -3.35. The normalized spacial score (nSPS) is 28.2. The van der Waals surface area contributed by atoms with Gasteiger partial charge in [-0.1, -0.05) is 30.3 Å². The maximum Gasteiger partial charge on any atom is 0.326 e. The smallest absolute Gasteiger partial charge is 0.326 e. The summed E-state index contributed by atoms with van der Waals surface area (Å²) in [5.41, 5.74) is 1.40. The molecule has 2 bridgehead atoms. The van der Waals surface area contributed by atoms with Crippen molar-refractivity contribution in [3.8, 4) is 0 Å². The Morgan fingerprint density at radius 1 is 0.938 bits per heavy atom. The van der Waals surface area contributed by atoms with E-state index in [1.165, 1.54) is 17.7 Å². The highest BCUT2D eigenvalue weighted by Crippen LogP contribution is 2.61. The Bertz CT molecular complexity index is 1080. The van der Waals surface area contributed by atoms with Crippen molar-refractivity contribution < 1.29 is 28.3 Å². The van der Waals surface area contributed by atoms with Crippen LogP contribution in [0, 0.1) is 29.5 Å². The first kappa shape index (κ1) is 20.5. The monoisotopic (exact) mass is 435 g/mol. The minimum atomic E-state index is -0.811. The van der Waals surface area contributed by atoms with Crippen LogP contribution in [0.3, 0.4) is 0 Å². The van der Waals surface area contributed by atoms with E-state index in [2.05, 4.69) is 12.1 Å². The van der Waals surface area contributed by atoms with Crippen LogP contribution in [0.15, 0.2) is 54.6 Å². The minimum absolute atomic E-state index is 0.102. The second kappa shape index (κ2) is 7.97. The fourth-order valence-corrected chi connectivity index (χ4v) is 5.80. The maximum atomic E-state index is 13.1. The largest absolute Gasteiger partial charge is 0.456 e. The quantitative estimate of drug-likeness (QED) is 0.396. The summed E-state index contributed by atoms with van der Waals surface area (Å²) in [5, 5.41) is 0. The molecule has 32 heavy (non-hydrogen) atoms. The summed E-state index contributed by atoms with van der Waals surface area (Å²) in [4.78, 5) is 51.4. The number of fused-ring (bicyclic) bond motifs is 5. The second-order valence-electron chi connectivity index (χ2n) is 8.82. The van der Waals surface area contributed by atoms with Gasteiger partial charge in [0.05, 0.1) is 11.8 Å². The summed E-state index contributed by atoms with van der Waals surface area (Å²) in [7, 11) is 0. The molecule has 2 aliphatic carbocycles. The van der Waals surface area contributed by atoms with Crippen molar-refractivity contribution in [1.29, 1.82) is 0 Å². The Kier molecular flexibility index (Phi) is 5.12. The van der Waals surface area contributed by atoms with Gasteiger partial charge in [0.25, 0.3) is 0 Å². The summed E-state index contributed by atoms with van der Waals surface area (Å²) in [5.74, 6) is -2.64. The molecule has 2 aromatic rings. The molecule has 2 saturated carbocycles. The first-order valence-corrected chi connectivity index (χ1v) is 10.8. The van der Waals surface area contributed by atoms with Gasteiger partial charge in [-0.25, -0.2) is 4.39 Å². The number of carbonyl (C=O) groups excluding carboxylic acids is 4. The van der Waals surface area contributed by atoms with Crippen molar-refractivity contribution in [2.24, 2.45) is 23.7 Å². The molecule has 0 radical (unpaired) electrons. The van der Waals surface area contributed by atoms with Crippen LogP contribution in [-0.2, 0) is 19.1 Å². The van der Waals surface area contributed by atoms with Crippen LogP contribution in [0.4, 0.5) is 4.39 Å². The van der Waals surface area contributed by atoms with Gasteiger partial charge < -0.3 is 4.74 Å². The molecular weight excluding hydrogens is 413 g/mol. The summed E-state index contributed by atoms with van der Waals surface area (Å²) >= 11 is 0. The molecular formula is C25H22FNO5.